The number of hydrazine groups is 1. The average Bonchev–Trinajstić information content (AvgIpc) is 2.49. The van der Waals surface area contributed by atoms with Crippen molar-refractivity contribution < 1.29 is 4.74 Å². The Morgan fingerprint density at radius 1 is 1.20 bits per heavy atom. The van der Waals surface area contributed by atoms with Gasteiger partial charge in [0.15, 0.2) is 0 Å². The standard InChI is InChI=1S/C15H20N4O/c1-4-13-10(2)15(19-16)18-14(17-13)9-11-5-7-12(20-3)8-6-11/h5-8H,4,9,16H2,1-3H3,(H,17,18,19). The molecule has 106 valence electrons. The van der Waals surface area contributed by atoms with E-state index in [4.69, 9.17) is 10.6 Å². The molecule has 1 aromatic heterocycles. The van der Waals surface area contributed by atoms with Crippen molar-refractivity contribution >= 4 is 5.82 Å². The normalized spacial score (nSPS) is 10.4. The smallest absolute Gasteiger partial charge is 0.146 e. The number of nitrogens with one attached hydrogen (secondary N) is 1. The molecule has 2 rings (SSSR count). The summed E-state index contributed by atoms with van der Waals surface area (Å²) in [7, 11) is 1.66. The van der Waals surface area contributed by atoms with Crippen LogP contribution in [0.3, 0.4) is 0 Å². The van der Waals surface area contributed by atoms with Crippen molar-refractivity contribution in [1.29, 1.82) is 0 Å². The zero-order valence-corrected chi connectivity index (χ0v) is 12.1. The third-order valence-corrected chi connectivity index (χ3v) is 3.29. The molecule has 20 heavy (non-hydrogen) atoms. The minimum atomic E-state index is 0.673. The van der Waals surface area contributed by atoms with Gasteiger partial charge >= 0.3 is 0 Å². The van der Waals surface area contributed by atoms with Gasteiger partial charge in [-0.05, 0) is 31.0 Å². The molecular formula is C15H20N4O. The summed E-state index contributed by atoms with van der Waals surface area (Å²) in [5.41, 5.74) is 5.81. The second-order valence-corrected chi connectivity index (χ2v) is 4.58. The monoisotopic (exact) mass is 272 g/mol. The van der Waals surface area contributed by atoms with E-state index in [0.717, 1.165) is 34.8 Å². The number of ether oxygens (including phenoxy) is 1. The lowest BCUT2D eigenvalue weighted by Crippen LogP contribution is -2.14. The van der Waals surface area contributed by atoms with Crippen LogP contribution in [0.5, 0.6) is 5.75 Å². The Morgan fingerprint density at radius 2 is 1.90 bits per heavy atom. The van der Waals surface area contributed by atoms with E-state index in [1.165, 1.54) is 0 Å². The maximum atomic E-state index is 5.52. The lowest BCUT2D eigenvalue weighted by molar-refractivity contribution is 0.414. The van der Waals surface area contributed by atoms with Gasteiger partial charge < -0.3 is 10.2 Å². The van der Waals surface area contributed by atoms with Crippen molar-refractivity contribution in [3.05, 3.63) is 46.9 Å². The number of aromatic nitrogens is 2. The summed E-state index contributed by atoms with van der Waals surface area (Å²) >= 11 is 0. The van der Waals surface area contributed by atoms with Crippen LogP contribution in [0.1, 0.15) is 29.6 Å². The first kappa shape index (κ1) is 14.3. The highest BCUT2D eigenvalue weighted by atomic mass is 16.5. The number of methoxy groups -OCH3 is 1. The van der Waals surface area contributed by atoms with Crippen molar-refractivity contribution in [3.8, 4) is 5.75 Å². The van der Waals surface area contributed by atoms with Crippen molar-refractivity contribution in [2.75, 3.05) is 12.5 Å². The molecule has 0 saturated carbocycles. The largest absolute Gasteiger partial charge is 0.497 e. The number of hydrogen-bond acceptors (Lipinski definition) is 5. The molecule has 0 atom stereocenters. The SMILES string of the molecule is CCc1nc(Cc2ccc(OC)cc2)nc(NN)c1C. The van der Waals surface area contributed by atoms with Gasteiger partial charge in [0.25, 0.3) is 0 Å². The molecule has 0 spiro atoms. The molecule has 3 N–H and O–H groups in total. The predicted molar refractivity (Wildman–Crippen MR) is 79.8 cm³/mol. The van der Waals surface area contributed by atoms with E-state index in [-0.39, 0.29) is 0 Å². The zero-order valence-electron chi connectivity index (χ0n) is 12.1. The maximum absolute atomic E-state index is 5.52. The molecule has 0 bridgehead atoms. The number of nitrogen functional groups attached to an aromatic ring is 1. The Balaban J connectivity index is 2.27. The van der Waals surface area contributed by atoms with Crippen molar-refractivity contribution in [2.45, 2.75) is 26.7 Å². The van der Waals surface area contributed by atoms with Gasteiger partial charge in [-0.2, -0.15) is 0 Å². The minimum absolute atomic E-state index is 0.673. The molecule has 0 unspecified atom stereocenters. The minimum Gasteiger partial charge on any atom is -0.497 e. The number of benzene rings is 1. The molecule has 0 fully saturated rings. The van der Waals surface area contributed by atoms with Gasteiger partial charge in [0, 0.05) is 17.7 Å². The van der Waals surface area contributed by atoms with Gasteiger partial charge in [0.05, 0.1) is 7.11 Å². The summed E-state index contributed by atoms with van der Waals surface area (Å²) in [6.45, 7) is 4.05. The number of nitrogens with two attached hydrogens (primary N) is 1. The van der Waals surface area contributed by atoms with E-state index >= 15 is 0 Å². The third-order valence-electron chi connectivity index (χ3n) is 3.29. The van der Waals surface area contributed by atoms with Crippen LogP contribution in [0.25, 0.3) is 0 Å². The van der Waals surface area contributed by atoms with E-state index < -0.39 is 0 Å². The Labute approximate surface area is 119 Å². The molecule has 0 aliphatic heterocycles. The van der Waals surface area contributed by atoms with Crippen LogP contribution in [-0.4, -0.2) is 17.1 Å². The molecule has 0 aliphatic carbocycles. The summed E-state index contributed by atoms with van der Waals surface area (Å²) in [6, 6.07) is 7.91. The van der Waals surface area contributed by atoms with E-state index in [0.29, 0.717) is 12.2 Å². The molecule has 5 heteroatoms. The lowest BCUT2D eigenvalue weighted by Gasteiger charge is -2.11. The number of anilines is 1. The topological polar surface area (TPSA) is 73.1 Å². The third kappa shape index (κ3) is 3.05. The van der Waals surface area contributed by atoms with Crippen molar-refractivity contribution in [1.82, 2.24) is 9.97 Å². The summed E-state index contributed by atoms with van der Waals surface area (Å²) in [5, 5.41) is 0. The number of rotatable bonds is 5. The first-order valence-electron chi connectivity index (χ1n) is 6.63. The van der Waals surface area contributed by atoms with Gasteiger partial charge in [-0.1, -0.05) is 19.1 Å². The molecule has 1 aromatic carbocycles. The lowest BCUT2D eigenvalue weighted by atomic mass is 10.1. The highest BCUT2D eigenvalue weighted by Gasteiger charge is 2.09. The second kappa shape index (κ2) is 6.34. The fraction of sp³-hybridized carbons (Fsp3) is 0.333. The Bertz CT molecular complexity index is 556. The van der Waals surface area contributed by atoms with E-state index in [1.807, 2.05) is 31.2 Å². The first-order valence-corrected chi connectivity index (χ1v) is 6.63. The van der Waals surface area contributed by atoms with Gasteiger partial charge in [-0.3, -0.25) is 0 Å². The number of nitrogens with zero attached hydrogens (tertiary/aromatic N) is 2. The molecule has 2 aromatic rings. The maximum Gasteiger partial charge on any atom is 0.146 e. The number of aryl methyl sites for hydroxylation is 1. The van der Waals surface area contributed by atoms with Crippen LogP contribution in [0.4, 0.5) is 5.82 Å². The van der Waals surface area contributed by atoms with Gasteiger partial charge in [-0.25, -0.2) is 15.8 Å². The summed E-state index contributed by atoms with van der Waals surface area (Å²) in [4.78, 5) is 9.06. The van der Waals surface area contributed by atoms with Crippen LogP contribution in [0, 0.1) is 6.92 Å². The first-order chi connectivity index (χ1) is 9.67. The quantitative estimate of drug-likeness (QED) is 0.645. The van der Waals surface area contributed by atoms with E-state index in [2.05, 4.69) is 22.3 Å². The number of hydrogen-bond donors (Lipinski definition) is 2. The fourth-order valence-corrected chi connectivity index (χ4v) is 2.10. The Kier molecular flexibility index (Phi) is 4.53. The van der Waals surface area contributed by atoms with Crippen LogP contribution in [-0.2, 0) is 12.8 Å². The van der Waals surface area contributed by atoms with Crippen LogP contribution < -0.4 is 16.0 Å². The second-order valence-electron chi connectivity index (χ2n) is 4.58. The molecule has 0 aliphatic rings. The van der Waals surface area contributed by atoms with Crippen LogP contribution >= 0.6 is 0 Å². The summed E-state index contributed by atoms with van der Waals surface area (Å²) < 4.78 is 5.15. The molecule has 0 amide bonds. The molecule has 1 heterocycles. The van der Waals surface area contributed by atoms with Crippen LogP contribution in [0.15, 0.2) is 24.3 Å². The highest BCUT2D eigenvalue weighted by molar-refractivity contribution is 5.45. The Hall–Kier alpha value is -2.14. The summed E-state index contributed by atoms with van der Waals surface area (Å²) in [5.74, 6) is 7.83. The molecule has 0 saturated heterocycles. The van der Waals surface area contributed by atoms with Crippen LogP contribution in [0.2, 0.25) is 0 Å². The fourth-order valence-electron chi connectivity index (χ4n) is 2.10. The van der Waals surface area contributed by atoms with Gasteiger partial charge in [0.1, 0.15) is 17.4 Å². The average molecular weight is 272 g/mol. The molecule has 0 radical (unpaired) electrons. The Morgan fingerprint density at radius 3 is 2.45 bits per heavy atom. The van der Waals surface area contributed by atoms with Crippen molar-refractivity contribution in [3.63, 3.8) is 0 Å². The van der Waals surface area contributed by atoms with Crippen molar-refractivity contribution in [2.24, 2.45) is 5.84 Å². The molecular weight excluding hydrogens is 252 g/mol. The molecule has 5 nitrogen and oxygen atoms in total. The van der Waals surface area contributed by atoms with Gasteiger partial charge in [0.2, 0.25) is 0 Å². The predicted octanol–water partition coefficient (Wildman–Crippen LogP) is 2.23. The van der Waals surface area contributed by atoms with E-state index in [9.17, 15) is 0 Å². The van der Waals surface area contributed by atoms with Gasteiger partial charge in [-0.15, -0.1) is 0 Å². The van der Waals surface area contributed by atoms with E-state index in [1.54, 1.807) is 7.11 Å². The zero-order chi connectivity index (χ0) is 14.5. The highest BCUT2D eigenvalue weighted by Crippen LogP contribution is 2.18. The summed E-state index contributed by atoms with van der Waals surface area (Å²) in [6.07, 6.45) is 1.53.